The standard InChI is InChI=1S/C12H14O/c1-10(2)12(8-9-13)11-6-4-3-5-7-11/h3-10H,1-2H3. The number of allylic oxidation sites excluding steroid dienone is 2. The minimum absolute atomic E-state index is 0.382. The Kier molecular flexibility index (Phi) is 3.44. The highest BCUT2D eigenvalue weighted by Crippen LogP contribution is 2.21. The first-order chi connectivity index (χ1) is 6.25. The van der Waals surface area contributed by atoms with Gasteiger partial charge in [0.15, 0.2) is 0 Å². The van der Waals surface area contributed by atoms with E-state index in [2.05, 4.69) is 13.8 Å². The van der Waals surface area contributed by atoms with Gasteiger partial charge < -0.3 is 0 Å². The third-order valence-electron chi connectivity index (χ3n) is 1.98. The first-order valence-electron chi connectivity index (χ1n) is 4.46. The molecule has 0 aromatic heterocycles. The van der Waals surface area contributed by atoms with E-state index in [0.717, 1.165) is 17.4 Å². The molecule has 1 aromatic rings. The molecule has 0 saturated heterocycles. The summed E-state index contributed by atoms with van der Waals surface area (Å²) in [7, 11) is 0. The molecule has 0 spiro atoms. The first-order valence-corrected chi connectivity index (χ1v) is 4.46. The number of aldehydes is 1. The maximum Gasteiger partial charge on any atom is 0.143 e. The van der Waals surface area contributed by atoms with Gasteiger partial charge in [0.2, 0.25) is 0 Å². The molecular formula is C12H14O. The van der Waals surface area contributed by atoms with Crippen molar-refractivity contribution in [2.24, 2.45) is 5.92 Å². The van der Waals surface area contributed by atoms with E-state index in [9.17, 15) is 4.79 Å². The van der Waals surface area contributed by atoms with Gasteiger partial charge in [-0.05, 0) is 23.1 Å². The van der Waals surface area contributed by atoms with Crippen LogP contribution in [0.5, 0.6) is 0 Å². The fraction of sp³-hybridized carbons (Fsp3) is 0.250. The summed E-state index contributed by atoms with van der Waals surface area (Å²) in [5.74, 6) is 0.382. The maximum absolute atomic E-state index is 10.4. The van der Waals surface area contributed by atoms with E-state index in [1.165, 1.54) is 0 Å². The molecule has 0 aliphatic heterocycles. The van der Waals surface area contributed by atoms with Gasteiger partial charge >= 0.3 is 0 Å². The van der Waals surface area contributed by atoms with Gasteiger partial charge in [-0.2, -0.15) is 0 Å². The quantitative estimate of drug-likeness (QED) is 0.508. The second-order valence-electron chi connectivity index (χ2n) is 3.28. The molecule has 68 valence electrons. The molecule has 1 rings (SSSR count). The second-order valence-corrected chi connectivity index (χ2v) is 3.28. The number of rotatable bonds is 3. The van der Waals surface area contributed by atoms with Crippen LogP contribution < -0.4 is 0 Å². The van der Waals surface area contributed by atoms with E-state index in [0.29, 0.717) is 5.92 Å². The van der Waals surface area contributed by atoms with Crippen molar-refractivity contribution in [2.75, 3.05) is 0 Å². The largest absolute Gasteiger partial charge is 0.299 e. The summed E-state index contributed by atoms with van der Waals surface area (Å²) in [4.78, 5) is 10.4. The summed E-state index contributed by atoms with van der Waals surface area (Å²) < 4.78 is 0. The number of hydrogen-bond donors (Lipinski definition) is 0. The predicted molar refractivity (Wildman–Crippen MR) is 55.3 cm³/mol. The molecule has 13 heavy (non-hydrogen) atoms. The Hall–Kier alpha value is -1.37. The van der Waals surface area contributed by atoms with Crippen molar-refractivity contribution in [2.45, 2.75) is 13.8 Å². The van der Waals surface area contributed by atoms with Crippen molar-refractivity contribution in [1.29, 1.82) is 0 Å². The molecule has 0 atom stereocenters. The Labute approximate surface area is 79.1 Å². The molecule has 1 aromatic carbocycles. The Morgan fingerprint density at radius 3 is 2.31 bits per heavy atom. The van der Waals surface area contributed by atoms with Gasteiger partial charge in [0.1, 0.15) is 6.29 Å². The molecule has 0 fully saturated rings. The zero-order valence-corrected chi connectivity index (χ0v) is 8.03. The smallest absolute Gasteiger partial charge is 0.143 e. The van der Waals surface area contributed by atoms with Crippen molar-refractivity contribution in [3.8, 4) is 0 Å². The molecular weight excluding hydrogens is 160 g/mol. The SMILES string of the molecule is CC(C)C(=CC=O)c1ccccc1. The van der Waals surface area contributed by atoms with Crippen LogP contribution in [0.15, 0.2) is 36.4 Å². The monoisotopic (exact) mass is 174 g/mol. The molecule has 0 bridgehead atoms. The molecule has 0 N–H and O–H groups in total. The molecule has 0 amide bonds. The fourth-order valence-electron chi connectivity index (χ4n) is 1.33. The number of carbonyl (C=O) groups excluding carboxylic acids is 1. The van der Waals surface area contributed by atoms with Crippen LogP contribution in [-0.4, -0.2) is 6.29 Å². The molecule has 1 heteroatoms. The molecule has 0 aliphatic rings. The lowest BCUT2D eigenvalue weighted by molar-refractivity contribution is -0.104. The molecule has 0 aliphatic carbocycles. The Bertz CT molecular complexity index is 296. The molecule has 0 heterocycles. The van der Waals surface area contributed by atoms with E-state index >= 15 is 0 Å². The molecule has 1 nitrogen and oxygen atoms in total. The number of hydrogen-bond acceptors (Lipinski definition) is 1. The van der Waals surface area contributed by atoms with Gasteiger partial charge in [0.25, 0.3) is 0 Å². The Morgan fingerprint density at radius 1 is 1.23 bits per heavy atom. The average Bonchev–Trinajstić information content (AvgIpc) is 2.15. The summed E-state index contributed by atoms with van der Waals surface area (Å²) in [6, 6.07) is 9.99. The van der Waals surface area contributed by atoms with Crippen molar-refractivity contribution in [1.82, 2.24) is 0 Å². The van der Waals surface area contributed by atoms with Crippen molar-refractivity contribution >= 4 is 11.9 Å². The normalized spacial score (nSPS) is 11.8. The van der Waals surface area contributed by atoms with Crippen LogP contribution in [0, 0.1) is 5.92 Å². The van der Waals surface area contributed by atoms with Crippen LogP contribution in [0.4, 0.5) is 0 Å². The van der Waals surface area contributed by atoms with E-state index in [1.54, 1.807) is 6.08 Å². The highest BCUT2D eigenvalue weighted by Gasteiger charge is 2.04. The minimum Gasteiger partial charge on any atom is -0.299 e. The van der Waals surface area contributed by atoms with Gasteiger partial charge in [-0.25, -0.2) is 0 Å². The Balaban J connectivity index is 3.03. The van der Waals surface area contributed by atoms with Crippen LogP contribution in [-0.2, 0) is 4.79 Å². The summed E-state index contributed by atoms with van der Waals surface area (Å²) in [5, 5.41) is 0. The van der Waals surface area contributed by atoms with Crippen LogP contribution in [0.25, 0.3) is 5.57 Å². The summed E-state index contributed by atoms with van der Waals surface area (Å²) in [6.07, 6.45) is 2.49. The lowest BCUT2D eigenvalue weighted by Gasteiger charge is -2.09. The maximum atomic E-state index is 10.4. The van der Waals surface area contributed by atoms with Gasteiger partial charge in [-0.3, -0.25) is 4.79 Å². The molecule has 0 radical (unpaired) electrons. The van der Waals surface area contributed by atoms with Gasteiger partial charge in [0, 0.05) is 0 Å². The summed E-state index contributed by atoms with van der Waals surface area (Å²) in [5.41, 5.74) is 2.22. The van der Waals surface area contributed by atoms with Gasteiger partial charge in [0.05, 0.1) is 0 Å². The summed E-state index contributed by atoms with van der Waals surface area (Å²) >= 11 is 0. The van der Waals surface area contributed by atoms with Crippen LogP contribution in [0.3, 0.4) is 0 Å². The molecule has 0 unspecified atom stereocenters. The van der Waals surface area contributed by atoms with Crippen molar-refractivity contribution < 1.29 is 4.79 Å². The van der Waals surface area contributed by atoms with Gasteiger partial charge in [-0.15, -0.1) is 0 Å². The minimum atomic E-state index is 0.382. The van der Waals surface area contributed by atoms with Crippen molar-refractivity contribution in [3.05, 3.63) is 42.0 Å². The van der Waals surface area contributed by atoms with Crippen LogP contribution in [0.2, 0.25) is 0 Å². The van der Waals surface area contributed by atoms with E-state index in [4.69, 9.17) is 0 Å². The average molecular weight is 174 g/mol. The predicted octanol–water partition coefficient (Wildman–Crippen LogP) is 2.92. The lowest BCUT2D eigenvalue weighted by atomic mass is 9.95. The van der Waals surface area contributed by atoms with E-state index < -0.39 is 0 Å². The fourth-order valence-corrected chi connectivity index (χ4v) is 1.33. The Morgan fingerprint density at radius 2 is 1.85 bits per heavy atom. The first kappa shape index (κ1) is 9.72. The van der Waals surface area contributed by atoms with Crippen LogP contribution >= 0.6 is 0 Å². The second kappa shape index (κ2) is 4.61. The van der Waals surface area contributed by atoms with Crippen LogP contribution in [0.1, 0.15) is 19.4 Å². The topological polar surface area (TPSA) is 17.1 Å². The highest BCUT2D eigenvalue weighted by atomic mass is 16.1. The van der Waals surface area contributed by atoms with E-state index in [1.807, 2.05) is 30.3 Å². The third-order valence-corrected chi connectivity index (χ3v) is 1.98. The van der Waals surface area contributed by atoms with Gasteiger partial charge in [-0.1, -0.05) is 44.2 Å². The molecule has 0 saturated carbocycles. The zero-order valence-electron chi connectivity index (χ0n) is 8.03. The highest BCUT2D eigenvalue weighted by molar-refractivity contribution is 5.82. The lowest BCUT2D eigenvalue weighted by Crippen LogP contribution is -1.93. The van der Waals surface area contributed by atoms with E-state index in [-0.39, 0.29) is 0 Å². The van der Waals surface area contributed by atoms with Crippen molar-refractivity contribution in [3.63, 3.8) is 0 Å². The zero-order chi connectivity index (χ0) is 9.68. The third kappa shape index (κ3) is 2.55. The summed E-state index contributed by atoms with van der Waals surface area (Å²) in [6.45, 7) is 4.17. The number of carbonyl (C=O) groups is 1. The number of benzene rings is 1.